The van der Waals surface area contributed by atoms with Gasteiger partial charge in [0, 0.05) is 13.5 Å². The van der Waals surface area contributed by atoms with Crippen LogP contribution in [0.3, 0.4) is 0 Å². The third-order valence-corrected chi connectivity index (χ3v) is 1.58. The Hall–Kier alpha value is -0.160. The van der Waals surface area contributed by atoms with Crippen molar-refractivity contribution in [2.75, 3.05) is 13.7 Å². The standard InChI is InChI=1S/C6H12O4/c1-9-6-5(8)2-4(3-7)10-6/h4-8H,2-3H2,1H3/t4-,5?,6+/m0/s1. The van der Waals surface area contributed by atoms with Crippen molar-refractivity contribution < 1.29 is 19.7 Å². The fraction of sp³-hybridized carbons (Fsp3) is 1.00. The van der Waals surface area contributed by atoms with E-state index in [-0.39, 0.29) is 12.7 Å². The molecule has 0 spiro atoms. The molecule has 1 aliphatic rings. The summed E-state index contributed by atoms with van der Waals surface area (Å²) in [6.45, 7) is -0.0586. The molecule has 1 fully saturated rings. The fourth-order valence-electron chi connectivity index (χ4n) is 1.05. The maximum Gasteiger partial charge on any atom is 0.183 e. The van der Waals surface area contributed by atoms with Gasteiger partial charge in [-0.25, -0.2) is 0 Å². The van der Waals surface area contributed by atoms with E-state index in [2.05, 4.69) is 0 Å². The van der Waals surface area contributed by atoms with Crippen molar-refractivity contribution >= 4 is 0 Å². The highest BCUT2D eigenvalue weighted by molar-refractivity contribution is 4.75. The molecular formula is C6H12O4. The van der Waals surface area contributed by atoms with Gasteiger partial charge in [-0.2, -0.15) is 0 Å². The van der Waals surface area contributed by atoms with Crippen LogP contribution in [-0.2, 0) is 9.47 Å². The summed E-state index contributed by atoms with van der Waals surface area (Å²) in [6.07, 6.45) is -0.964. The third kappa shape index (κ3) is 1.46. The zero-order valence-corrected chi connectivity index (χ0v) is 5.86. The molecule has 1 heterocycles. The summed E-state index contributed by atoms with van der Waals surface area (Å²) in [5, 5.41) is 17.7. The number of methoxy groups -OCH3 is 1. The van der Waals surface area contributed by atoms with Crippen molar-refractivity contribution in [3.63, 3.8) is 0 Å². The summed E-state index contributed by atoms with van der Waals surface area (Å²) in [5.41, 5.74) is 0. The molecule has 0 aromatic heterocycles. The van der Waals surface area contributed by atoms with E-state index in [1.54, 1.807) is 0 Å². The lowest BCUT2D eigenvalue weighted by Gasteiger charge is -2.10. The highest BCUT2D eigenvalue weighted by Crippen LogP contribution is 2.19. The average Bonchev–Trinajstić information content (AvgIpc) is 2.30. The van der Waals surface area contributed by atoms with E-state index in [0.717, 1.165) is 0 Å². The van der Waals surface area contributed by atoms with E-state index < -0.39 is 12.4 Å². The SMILES string of the molecule is CO[C@@H]1O[C@H](CO)CC1O. The summed E-state index contributed by atoms with van der Waals surface area (Å²) in [5.74, 6) is 0. The summed E-state index contributed by atoms with van der Waals surface area (Å²) < 4.78 is 9.82. The number of hydrogen-bond acceptors (Lipinski definition) is 4. The van der Waals surface area contributed by atoms with Crippen molar-refractivity contribution in [1.29, 1.82) is 0 Å². The molecule has 0 aromatic carbocycles. The highest BCUT2D eigenvalue weighted by Gasteiger charge is 2.33. The van der Waals surface area contributed by atoms with Crippen LogP contribution in [-0.4, -0.2) is 42.4 Å². The van der Waals surface area contributed by atoms with Gasteiger partial charge in [0.2, 0.25) is 0 Å². The summed E-state index contributed by atoms with van der Waals surface area (Å²) >= 11 is 0. The molecule has 0 bridgehead atoms. The number of hydrogen-bond donors (Lipinski definition) is 2. The molecule has 0 aliphatic carbocycles. The maximum atomic E-state index is 9.13. The van der Waals surface area contributed by atoms with Crippen LogP contribution in [0.2, 0.25) is 0 Å². The zero-order valence-electron chi connectivity index (χ0n) is 5.86. The van der Waals surface area contributed by atoms with Crippen LogP contribution >= 0.6 is 0 Å². The Kier molecular flexibility index (Phi) is 2.62. The van der Waals surface area contributed by atoms with Gasteiger partial charge in [-0.15, -0.1) is 0 Å². The molecule has 0 saturated carbocycles. The van der Waals surface area contributed by atoms with E-state index in [1.165, 1.54) is 7.11 Å². The quantitative estimate of drug-likeness (QED) is 0.533. The maximum absolute atomic E-state index is 9.13. The Morgan fingerprint density at radius 1 is 1.70 bits per heavy atom. The van der Waals surface area contributed by atoms with Crippen molar-refractivity contribution in [1.82, 2.24) is 0 Å². The van der Waals surface area contributed by atoms with Gasteiger partial charge in [0.25, 0.3) is 0 Å². The average molecular weight is 148 g/mol. The van der Waals surface area contributed by atoms with Crippen LogP contribution in [0.1, 0.15) is 6.42 Å². The van der Waals surface area contributed by atoms with Gasteiger partial charge < -0.3 is 19.7 Å². The molecule has 0 radical (unpaired) electrons. The molecule has 4 heteroatoms. The summed E-state index contributed by atoms with van der Waals surface area (Å²) in [4.78, 5) is 0. The first-order valence-corrected chi connectivity index (χ1v) is 3.25. The normalized spacial score (nSPS) is 40.5. The first kappa shape index (κ1) is 7.94. The van der Waals surface area contributed by atoms with Gasteiger partial charge >= 0.3 is 0 Å². The van der Waals surface area contributed by atoms with Crippen LogP contribution in [0, 0.1) is 0 Å². The molecule has 1 rings (SSSR count). The minimum Gasteiger partial charge on any atom is -0.394 e. The number of ether oxygens (including phenoxy) is 2. The molecule has 4 nitrogen and oxygen atoms in total. The minimum atomic E-state index is -0.595. The van der Waals surface area contributed by atoms with Crippen molar-refractivity contribution in [3.8, 4) is 0 Å². The fourth-order valence-corrected chi connectivity index (χ4v) is 1.05. The number of rotatable bonds is 2. The van der Waals surface area contributed by atoms with E-state index in [0.29, 0.717) is 6.42 Å². The zero-order chi connectivity index (χ0) is 7.56. The van der Waals surface area contributed by atoms with Crippen LogP contribution < -0.4 is 0 Å². The largest absolute Gasteiger partial charge is 0.394 e. The van der Waals surface area contributed by atoms with E-state index in [4.69, 9.17) is 19.7 Å². The molecular weight excluding hydrogens is 136 g/mol. The Bertz CT molecular complexity index is 106. The van der Waals surface area contributed by atoms with Crippen LogP contribution in [0.25, 0.3) is 0 Å². The highest BCUT2D eigenvalue weighted by atomic mass is 16.7. The molecule has 0 aromatic rings. The van der Waals surface area contributed by atoms with Gasteiger partial charge in [0.05, 0.1) is 12.7 Å². The first-order valence-electron chi connectivity index (χ1n) is 3.25. The Labute approximate surface area is 59.4 Å². The summed E-state index contributed by atoms with van der Waals surface area (Å²) in [6, 6.07) is 0. The van der Waals surface area contributed by atoms with Gasteiger partial charge in [-0.3, -0.25) is 0 Å². The molecule has 1 saturated heterocycles. The second kappa shape index (κ2) is 3.30. The third-order valence-electron chi connectivity index (χ3n) is 1.58. The van der Waals surface area contributed by atoms with E-state index >= 15 is 0 Å². The van der Waals surface area contributed by atoms with E-state index in [1.807, 2.05) is 0 Å². The molecule has 1 aliphatic heterocycles. The second-order valence-corrected chi connectivity index (χ2v) is 2.35. The lowest BCUT2D eigenvalue weighted by atomic mass is 10.2. The van der Waals surface area contributed by atoms with Gasteiger partial charge in [0.1, 0.15) is 6.10 Å². The predicted octanol–water partition coefficient (Wildman–Crippen LogP) is -0.899. The van der Waals surface area contributed by atoms with Crippen molar-refractivity contribution in [2.24, 2.45) is 0 Å². The van der Waals surface area contributed by atoms with Crippen molar-refractivity contribution in [2.45, 2.75) is 24.9 Å². The van der Waals surface area contributed by atoms with Gasteiger partial charge in [-0.05, 0) is 0 Å². The lowest BCUT2D eigenvalue weighted by Crippen LogP contribution is -2.22. The van der Waals surface area contributed by atoms with Gasteiger partial charge in [-0.1, -0.05) is 0 Å². The van der Waals surface area contributed by atoms with Crippen LogP contribution in [0.4, 0.5) is 0 Å². The van der Waals surface area contributed by atoms with Gasteiger partial charge in [0.15, 0.2) is 6.29 Å². The molecule has 3 atom stereocenters. The topological polar surface area (TPSA) is 58.9 Å². The Morgan fingerprint density at radius 2 is 2.40 bits per heavy atom. The Morgan fingerprint density at radius 3 is 2.70 bits per heavy atom. The Balaban J connectivity index is 2.36. The lowest BCUT2D eigenvalue weighted by molar-refractivity contribution is -0.153. The summed E-state index contributed by atoms with van der Waals surface area (Å²) in [7, 11) is 1.47. The molecule has 10 heavy (non-hydrogen) atoms. The molecule has 2 N–H and O–H groups in total. The smallest absolute Gasteiger partial charge is 0.183 e. The number of aliphatic hydroxyl groups is 2. The second-order valence-electron chi connectivity index (χ2n) is 2.35. The monoisotopic (exact) mass is 148 g/mol. The molecule has 60 valence electrons. The molecule has 1 unspecified atom stereocenters. The van der Waals surface area contributed by atoms with E-state index in [9.17, 15) is 0 Å². The number of aliphatic hydroxyl groups excluding tert-OH is 2. The van der Waals surface area contributed by atoms with Crippen LogP contribution in [0.5, 0.6) is 0 Å². The predicted molar refractivity (Wildman–Crippen MR) is 33.4 cm³/mol. The molecule has 0 amide bonds. The van der Waals surface area contributed by atoms with Crippen LogP contribution in [0.15, 0.2) is 0 Å². The minimum absolute atomic E-state index is 0.0586. The van der Waals surface area contributed by atoms with Crippen molar-refractivity contribution in [3.05, 3.63) is 0 Å². The first-order chi connectivity index (χ1) is 4.77.